The Bertz CT molecular complexity index is 355. The zero-order valence-electron chi connectivity index (χ0n) is 10.6. The Morgan fingerprint density at radius 3 is 3.00 bits per heavy atom. The molecule has 17 heavy (non-hydrogen) atoms. The summed E-state index contributed by atoms with van der Waals surface area (Å²) < 4.78 is 7.04. The normalized spacial score (nSPS) is 26.1. The number of pyridine rings is 1. The first-order chi connectivity index (χ1) is 8.20. The van der Waals surface area contributed by atoms with Gasteiger partial charge >= 0.3 is 112 Å². The van der Waals surface area contributed by atoms with Gasteiger partial charge < -0.3 is 0 Å². The fourth-order valence-corrected chi connectivity index (χ4v) is 2.57. The summed E-state index contributed by atoms with van der Waals surface area (Å²) in [6.07, 6.45) is 3.35. The zero-order valence-corrected chi connectivity index (χ0v) is 13.0. The summed E-state index contributed by atoms with van der Waals surface area (Å²) in [5.74, 6) is 0. The Morgan fingerprint density at radius 1 is 1.53 bits per heavy atom. The van der Waals surface area contributed by atoms with E-state index in [1.54, 1.807) is 16.9 Å². The van der Waals surface area contributed by atoms with Crippen molar-refractivity contribution in [3.05, 3.63) is 23.9 Å². The number of hydrogen-bond acceptors (Lipinski definition) is 3. The van der Waals surface area contributed by atoms with Crippen LogP contribution in [0.4, 0.5) is 0 Å². The number of rotatable bonds is 3. The molecule has 1 fully saturated rings. The average molecular weight is 296 g/mol. The van der Waals surface area contributed by atoms with Crippen molar-refractivity contribution in [2.24, 2.45) is 0 Å². The third kappa shape index (κ3) is 3.31. The van der Waals surface area contributed by atoms with Crippen LogP contribution in [0.5, 0.6) is 0 Å². The second-order valence-corrected chi connectivity index (χ2v) is 5.92. The molecule has 3 nitrogen and oxygen atoms in total. The molecule has 1 aromatic rings. The van der Waals surface area contributed by atoms with E-state index in [1.165, 1.54) is 12.0 Å². The van der Waals surface area contributed by atoms with E-state index in [1.807, 2.05) is 6.20 Å². The molecule has 0 radical (unpaired) electrons. The van der Waals surface area contributed by atoms with Crippen LogP contribution in [-0.4, -0.2) is 52.5 Å². The molecule has 0 saturated carbocycles. The van der Waals surface area contributed by atoms with Crippen LogP contribution in [0.25, 0.3) is 0 Å². The van der Waals surface area contributed by atoms with Gasteiger partial charge in [-0.15, -0.1) is 0 Å². The maximum atomic E-state index is 5.92. The molecule has 1 saturated heterocycles. The van der Waals surface area contributed by atoms with E-state index < -0.39 is 0 Å². The summed E-state index contributed by atoms with van der Waals surface area (Å²) in [6, 6.07) is 4.77. The molecule has 1 unspecified atom stereocenters. The number of aromatic nitrogens is 1. The van der Waals surface area contributed by atoms with Crippen LogP contribution in [-0.2, 0) is 4.74 Å². The van der Waals surface area contributed by atoms with E-state index >= 15 is 0 Å². The van der Waals surface area contributed by atoms with E-state index in [0.29, 0.717) is 6.04 Å². The number of ether oxygens (including phenoxy) is 1. The van der Waals surface area contributed by atoms with Crippen molar-refractivity contribution in [1.29, 1.82) is 0 Å². The van der Waals surface area contributed by atoms with Gasteiger partial charge in [0.2, 0.25) is 0 Å². The van der Waals surface area contributed by atoms with E-state index in [4.69, 9.17) is 4.74 Å². The first-order valence-electron chi connectivity index (χ1n) is 6.27. The fourth-order valence-electron chi connectivity index (χ4n) is 2.21. The van der Waals surface area contributed by atoms with Crippen LogP contribution < -0.4 is 4.48 Å². The van der Waals surface area contributed by atoms with Crippen LogP contribution >= 0.6 is 0 Å². The van der Waals surface area contributed by atoms with Crippen molar-refractivity contribution >= 4 is 21.3 Å². The predicted octanol–water partition coefficient (Wildman–Crippen LogP) is 0.512. The Kier molecular flexibility index (Phi) is 4.61. The van der Waals surface area contributed by atoms with E-state index in [0.717, 1.165) is 24.2 Å². The predicted molar refractivity (Wildman–Crippen MR) is 72.4 cm³/mol. The van der Waals surface area contributed by atoms with Gasteiger partial charge in [0, 0.05) is 0 Å². The van der Waals surface area contributed by atoms with Gasteiger partial charge in [-0.25, -0.2) is 0 Å². The summed E-state index contributed by atoms with van der Waals surface area (Å²) in [4.78, 5) is 6.89. The van der Waals surface area contributed by atoms with Gasteiger partial charge in [0.1, 0.15) is 0 Å². The molecule has 94 valence electrons. The van der Waals surface area contributed by atoms with Gasteiger partial charge in [-0.1, -0.05) is 0 Å². The molecule has 0 bridgehead atoms. The molecule has 1 aliphatic heterocycles. The van der Waals surface area contributed by atoms with Crippen molar-refractivity contribution in [3.8, 4) is 0 Å². The number of nitrogens with zero attached hydrogens (tertiary/aromatic N) is 2. The summed E-state index contributed by atoms with van der Waals surface area (Å²) in [6.45, 7) is 7.44. The van der Waals surface area contributed by atoms with Gasteiger partial charge in [0.15, 0.2) is 0 Å². The average Bonchev–Trinajstić information content (AvgIpc) is 2.33. The van der Waals surface area contributed by atoms with Crippen LogP contribution in [0.15, 0.2) is 18.3 Å². The molecule has 1 aliphatic rings. The van der Waals surface area contributed by atoms with E-state index in [2.05, 4.69) is 35.9 Å². The van der Waals surface area contributed by atoms with Crippen LogP contribution in [0.1, 0.15) is 31.9 Å². The zero-order chi connectivity index (χ0) is 12.3. The number of morpholine rings is 1. The van der Waals surface area contributed by atoms with Crippen molar-refractivity contribution < 1.29 is 4.74 Å². The van der Waals surface area contributed by atoms with Gasteiger partial charge in [0.25, 0.3) is 0 Å². The molecule has 4 heteroatoms. The molecule has 2 heterocycles. The topological polar surface area (TPSA) is 25.4 Å². The second kappa shape index (κ2) is 5.99. The van der Waals surface area contributed by atoms with Crippen molar-refractivity contribution in [3.63, 3.8) is 0 Å². The van der Waals surface area contributed by atoms with Crippen molar-refractivity contribution in [2.45, 2.75) is 32.4 Å². The summed E-state index contributed by atoms with van der Waals surface area (Å²) in [5.41, 5.74) is 1.21. The van der Waals surface area contributed by atoms with Crippen molar-refractivity contribution in [2.75, 3.05) is 19.7 Å². The Morgan fingerprint density at radius 2 is 2.35 bits per heavy atom. The van der Waals surface area contributed by atoms with Crippen LogP contribution in [0.3, 0.4) is 0 Å². The van der Waals surface area contributed by atoms with Crippen LogP contribution in [0.2, 0.25) is 0 Å². The van der Waals surface area contributed by atoms with E-state index in [9.17, 15) is 0 Å². The Labute approximate surface area is 112 Å². The second-order valence-electron chi connectivity index (χ2n) is 4.68. The fraction of sp³-hybridized carbons (Fsp3) is 0.615. The summed E-state index contributed by atoms with van der Waals surface area (Å²) in [7, 11) is 0. The molecular formula is C13H21AsN2O. The maximum absolute atomic E-state index is 5.92. The van der Waals surface area contributed by atoms with Gasteiger partial charge in [-0.3, -0.25) is 0 Å². The molecule has 0 N–H and O–H groups in total. The molecular weight excluding hydrogens is 275 g/mol. The minimum atomic E-state index is 0.193. The molecule has 0 aromatic carbocycles. The van der Waals surface area contributed by atoms with Crippen molar-refractivity contribution in [1.82, 2.24) is 9.88 Å². The van der Waals surface area contributed by atoms with Gasteiger partial charge in [-0.2, -0.15) is 0 Å². The summed E-state index contributed by atoms with van der Waals surface area (Å²) >= 11 is 1.56. The Balaban J connectivity index is 2.04. The summed E-state index contributed by atoms with van der Waals surface area (Å²) in [5, 5.41) is 0. The first kappa shape index (κ1) is 13.1. The van der Waals surface area contributed by atoms with E-state index in [-0.39, 0.29) is 6.10 Å². The molecule has 0 amide bonds. The molecule has 3 atom stereocenters. The molecule has 2 rings (SSSR count). The SMILES string of the molecule is CCCN1C[C@@H](c2ccc([AsH2])nc2)OC[C@@H]1C. The van der Waals surface area contributed by atoms with Gasteiger partial charge in [-0.05, 0) is 0 Å². The molecule has 1 aromatic heterocycles. The Hall–Kier alpha value is -0.372. The third-order valence-electron chi connectivity index (χ3n) is 3.25. The third-order valence-corrected chi connectivity index (χ3v) is 3.97. The molecule has 0 spiro atoms. The standard InChI is InChI=1S/C13H21AsN2O/c1-3-6-16-8-12(17-9-10(16)2)11-4-5-13(14)15-7-11/h4-5,7,10,12H,3,6,8-9,14H2,1-2H3/t10-,12-/m0/s1. The minimum absolute atomic E-state index is 0.193. The quantitative estimate of drug-likeness (QED) is 0.760. The monoisotopic (exact) mass is 296 g/mol. The first-order valence-corrected chi connectivity index (χ1v) is 7.49. The van der Waals surface area contributed by atoms with Gasteiger partial charge in [0.05, 0.1) is 0 Å². The van der Waals surface area contributed by atoms with Crippen LogP contribution in [0, 0.1) is 0 Å². The molecule has 0 aliphatic carbocycles. The number of hydrogen-bond donors (Lipinski definition) is 0.